The van der Waals surface area contributed by atoms with Crippen LogP contribution in [0.5, 0.6) is 0 Å². The van der Waals surface area contributed by atoms with E-state index < -0.39 is 0 Å². The van der Waals surface area contributed by atoms with Gasteiger partial charge >= 0.3 is 0 Å². The van der Waals surface area contributed by atoms with Crippen molar-refractivity contribution in [3.8, 4) is 0 Å². The van der Waals surface area contributed by atoms with Crippen LogP contribution in [0.3, 0.4) is 0 Å². The molecule has 2 spiro atoms. The summed E-state index contributed by atoms with van der Waals surface area (Å²) < 4.78 is 0. The van der Waals surface area contributed by atoms with Crippen molar-refractivity contribution in [3.05, 3.63) is 71.8 Å². The number of carbonyl (C=O) groups is 4. The highest BCUT2D eigenvalue weighted by Gasteiger charge is 2.38. The lowest BCUT2D eigenvalue weighted by atomic mass is 9.83. The maximum absolute atomic E-state index is 12.2. The van der Waals surface area contributed by atoms with E-state index in [9.17, 15) is 19.2 Å². The van der Waals surface area contributed by atoms with Gasteiger partial charge in [-0.15, -0.1) is 0 Å². The summed E-state index contributed by atoms with van der Waals surface area (Å²) in [6.07, 6.45) is 8.39. The van der Waals surface area contributed by atoms with Gasteiger partial charge in [0.1, 0.15) is 0 Å². The van der Waals surface area contributed by atoms with Crippen LogP contribution in [-0.2, 0) is 9.59 Å². The quantitative estimate of drug-likeness (QED) is 0.385. The first-order valence-corrected chi connectivity index (χ1v) is 15.6. The standard InChI is InChI=1S/C16H20N2O2.C16H18N2O2.C3H8O/c2*1-12(19)18-10-8-16(9-11-18)7-6-15(20)13-4-2-3-5-14(13)17-16;1-3(2)4/h2-5,17H,6-11H2,1H3;2-7,17H,8-11H2,1H3;3-4H,1-2H3. The second-order valence-corrected chi connectivity index (χ2v) is 12.5. The molecule has 0 saturated carbocycles. The summed E-state index contributed by atoms with van der Waals surface area (Å²) in [6, 6.07) is 15.4. The van der Waals surface area contributed by atoms with Crippen molar-refractivity contribution in [1.82, 2.24) is 9.80 Å². The summed E-state index contributed by atoms with van der Waals surface area (Å²) in [5.41, 5.74) is 3.11. The zero-order chi connectivity index (χ0) is 31.9. The number of allylic oxidation sites excluding steroid dienone is 1. The Labute approximate surface area is 260 Å². The fraction of sp³-hybridized carbons (Fsp3) is 0.486. The number of para-hydroxylation sites is 2. The predicted octanol–water partition coefficient (Wildman–Crippen LogP) is 5.08. The van der Waals surface area contributed by atoms with Crippen LogP contribution in [0, 0.1) is 0 Å². The van der Waals surface area contributed by atoms with Crippen LogP contribution < -0.4 is 10.6 Å². The number of Topliss-reactive ketones (excluding diaryl/α,β-unsaturated/α-hetero) is 1. The minimum atomic E-state index is -0.214. The van der Waals surface area contributed by atoms with Crippen molar-refractivity contribution in [2.75, 3.05) is 36.8 Å². The second kappa shape index (κ2) is 14.2. The molecule has 2 fully saturated rings. The van der Waals surface area contributed by atoms with Crippen molar-refractivity contribution in [2.24, 2.45) is 0 Å². The molecule has 0 aromatic heterocycles. The second-order valence-electron chi connectivity index (χ2n) is 12.5. The van der Waals surface area contributed by atoms with Crippen LogP contribution in [0.4, 0.5) is 11.4 Å². The van der Waals surface area contributed by atoms with Crippen molar-refractivity contribution >= 4 is 34.8 Å². The van der Waals surface area contributed by atoms with E-state index in [-0.39, 0.29) is 40.6 Å². The van der Waals surface area contributed by atoms with E-state index in [1.807, 2.05) is 64.4 Å². The number of nitrogens with zero attached hydrogens (tertiary/aromatic N) is 2. The lowest BCUT2D eigenvalue weighted by Crippen LogP contribution is -2.50. The van der Waals surface area contributed by atoms with Crippen molar-refractivity contribution < 1.29 is 24.3 Å². The van der Waals surface area contributed by atoms with Crippen molar-refractivity contribution in [1.29, 1.82) is 0 Å². The van der Waals surface area contributed by atoms with Gasteiger partial charge in [0.2, 0.25) is 11.8 Å². The van der Waals surface area contributed by atoms with E-state index in [2.05, 4.69) is 10.6 Å². The summed E-state index contributed by atoms with van der Waals surface area (Å²) in [7, 11) is 0. The molecule has 2 aromatic carbocycles. The Kier molecular flexibility index (Phi) is 10.6. The van der Waals surface area contributed by atoms with Crippen LogP contribution in [0.1, 0.15) is 86.9 Å². The van der Waals surface area contributed by atoms with Crippen LogP contribution in [0.2, 0.25) is 0 Å². The molecule has 4 aliphatic heterocycles. The molecule has 6 rings (SSSR count). The highest BCUT2D eigenvalue weighted by molar-refractivity contribution is 6.09. The number of nitrogens with one attached hydrogen (secondary N) is 2. The first-order valence-electron chi connectivity index (χ1n) is 15.6. The molecule has 9 nitrogen and oxygen atoms in total. The number of benzene rings is 2. The molecule has 44 heavy (non-hydrogen) atoms. The molecule has 9 heteroatoms. The number of aliphatic hydroxyl groups is 1. The molecule has 2 saturated heterocycles. The zero-order valence-corrected chi connectivity index (χ0v) is 26.4. The monoisotopic (exact) mass is 602 g/mol. The Morgan fingerprint density at radius 2 is 1.23 bits per heavy atom. The van der Waals surface area contributed by atoms with E-state index >= 15 is 0 Å². The minimum absolute atomic E-state index is 0.0335. The van der Waals surface area contributed by atoms with Gasteiger partial charge in [-0.25, -0.2) is 0 Å². The van der Waals surface area contributed by atoms with E-state index in [0.29, 0.717) is 6.42 Å². The molecule has 2 amide bonds. The number of ketones is 2. The van der Waals surface area contributed by atoms with Gasteiger partial charge in [-0.3, -0.25) is 19.2 Å². The van der Waals surface area contributed by atoms with Gasteiger partial charge in [-0.1, -0.05) is 30.3 Å². The van der Waals surface area contributed by atoms with Crippen LogP contribution in [-0.4, -0.2) is 81.6 Å². The fourth-order valence-corrected chi connectivity index (χ4v) is 6.25. The third kappa shape index (κ3) is 8.14. The molecule has 4 heterocycles. The highest BCUT2D eigenvalue weighted by Crippen LogP contribution is 2.36. The molecule has 0 radical (unpaired) electrons. The van der Waals surface area contributed by atoms with E-state index in [4.69, 9.17) is 5.11 Å². The Hall–Kier alpha value is -3.98. The maximum Gasteiger partial charge on any atom is 0.219 e. The van der Waals surface area contributed by atoms with Crippen molar-refractivity contribution in [2.45, 2.75) is 83.4 Å². The fourth-order valence-electron chi connectivity index (χ4n) is 6.25. The Bertz CT molecular complexity index is 1380. The summed E-state index contributed by atoms with van der Waals surface area (Å²) in [4.78, 5) is 50.9. The molecule has 0 aliphatic carbocycles. The van der Waals surface area contributed by atoms with Gasteiger partial charge in [0.15, 0.2) is 11.6 Å². The number of amides is 2. The van der Waals surface area contributed by atoms with E-state index in [0.717, 1.165) is 80.8 Å². The Morgan fingerprint density at radius 1 is 0.750 bits per heavy atom. The number of piperidine rings is 2. The van der Waals surface area contributed by atoms with Gasteiger partial charge in [-0.2, -0.15) is 0 Å². The van der Waals surface area contributed by atoms with Gasteiger partial charge in [0.25, 0.3) is 0 Å². The van der Waals surface area contributed by atoms with Gasteiger partial charge in [0.05, 0.1) is 5.54 Å². The van der Waals surface area contributed by atoms with Crippen LogP contribution in [0.15, 0.2) is 60.7 Å². The third-order valence-electron chi connectivity index (χ3n) is 8.85. The maximum atomic E-state index is 12.2. The SMILES string of the molecule is CC(=O)N1CCC2(C=CC(=O)c3ccccc3N2)CC1.CC(=O)N1CCC2(CCC(=O)c3ccccc3N2)CC1.CC(C)O. The molecule has 4 aliphatic rings. The largest absolute Gasteiger partial charge is 0.394 e. The van der Waals surface area contributed by atoms with Gasteiger partial charge in [0, 0.05) is 80.6 Å². The highest BCUT2D eigenvalue weighted by atomic mass is 16.3. The third-order valence-corrected chi connectivity index (χ3v) is 8.85. The number of likely N-dealkylation sites (tertiary alicyclic amines) is 2. The molecule has 0 unspecified atom stereocenters. The number of rotatable bonds is 0. The topological polar surface area (TPSA) is 119 Å². The molecule has 0 atom stereocenters. The van der Waals surface area contributed by atoms with Crippen LogP contribution in [0.25, 0.3) is 0 Å². The first kappa shape index (κ1) is 32.9. The van der Waals surface area contributed by atoms with E-state index in [1.165, 1.54) is 0 Å². The molecule has 236 valence electrons. The molecule has 2 aromatic rings. The summed E-state index contributed by atoms with van der Waals surface area (Å²) in [5, 5.41) is 15.2. The van der Waals surface area contributed by atoms with Gasteiger partial charge < -0.3 is 25.5 Å². The number of hydrogen-bond acceptors (Lipinski definition) is 7. The Balaban J connectivity index is 0.000000179. The zero-order valence-electron chi connectivity index (χ0n) is 26.4. The van der Waals surface area contributed by atoms with Gasteiger partial charge in [-0.05, 0) is 76.3 Å². The molecular formula is C35H46N4O5. The molecule has 0 bridgehead atoms. The summed E-state index contributed by atoms with van der Waals surface area (Å²) in [6.45, 7) is 9.67. The van der Waals surface area contributed by atoms with Crippen molar-refractivity contribution in [3.63, 3.8) is 0 Å². The van der Waals surface area contributed by atoms with E-state index in [1.54, 1.807) is 33.8 Å². The average Bonchev–Trinajstić information content (AvgIpc) is 3.22. The lowest BCUT2D eigenvalue weighted by molar-refractivity contribution is -0.131. The average molecular weight is 603 g/mol. The number of hydrogen-bond donors (Lipinski definition) is 3. The van der Waals surface area contributed by atoms with Crippen LogP contribution >= 0.6 is 0 Å². The minimum Gasteiger partial charge on any atom is -0.394 e. The molecular weight excluding hydrogens is 556 g/mol. The number of anilines is 2. The summed E-state index contributed by atoms with van der Waals surface area (Å²) >= 11 is 0. The number of carbonyl (C=O) groups excluding carboxylic acids is 4. The smallest absolute Gasteiger partial charge is 0.219 e. The summed E-state index contributed by atoms with van der Waals surface area (Å²) in [5.74, 6) is 0.525. The number of aliphatic hydroxyl groups excluding tert-OH is 1. The molecule has 3 N–H and O–H groups in total. The normalized spacial score (nSPS) is 19.6. The number of fused-ring (bicyclic) bond motifs is 2. The predicted molar refractivity (Wildman–Crippen MR) is 173 cm³/mol. The first-order chi connectivity index (χ1) is 20.9. The lowest BCUT2D eigenvalue weighted by Gasteiger charge is -2.42. The Morgan fingerprint density at radius 3 is 1.77 bits per heavy atom.